The van der Waals surface area contributed by atoms with Crippen LogP contribution in [0.15, 0.2) is 48.5 Å². The van der Waals surface area contributed by atoms with Gasteiger partial charge in [0.2, 0.25) is 0 Å². The number of para-hydroxylation sites is 1. The van der Waals surface area contributed by atoms with Gasteiger partial charge < -0.3 is 15.8 Å². The van der Waals surface area contributed by atoms with Crippen molar-refractivity contribution in [3.63, 3.8) is 0 Å². The first-order valence-electron chi connectivity index (χ1n) is 6.99. The van der Waals surface area contributed by atoms with E-state index in [0.717, 1.165) is 0 Å². The van der Waals surface area contributed by atoms with Gasteiger partial charge in [0.25, 0.3) is 17.5 Å². The molecule has 0 saturated carbocycles. The van der Waals surface area contributed by atoms with Crippen LogP contribution in [0.25, 0.3) is 0 Å². The average molecular weight is 329 g/mol. The highest BCUT2D eigenvalue weighted by Crippen LogP contribution is 2.17. The van der Waals surface area contributed by atoms with Gasteiger partial charge in [-0.15, -0.1) is 0 Å². The predicted octanol–water partition coefficient (Wildman–Crippen LogP) is 1.39. The molecule has 0 atom stereocenters. The number of amides is 2. The summed E-state index contributed by atoms with van der Waals surface area (Å²) >= 11 is 0. The summed E-state index contributed by atoms with van der Waals surface area (Å²) in [7, 11) is 0. The number of hydrogen-bond acceptors (Lipinski definition) is 5. The van der Waals surface area contributed by atoms with E-state index in [9.17, 15) is 19.7 Å². The maximum Gasteiger partial charge on any atom is 0.274 e. The van der Waals surface area contributed by atoms with Crippen molar-refractivity contribution in [2.24, 2.45) is 5.73 Å². The van der Waals surface area contributed by atoms with Crippen molar-refractivity contribution in [3.8, 4) is 5.75 Å². The van der Waals surface area contributed by atoms with E-state index in [1.54, 1.807) is 18.2 Å². The Balaban J connectivity index is 1.98. The van der Waals surface area contributed by atoms with Crippen LogP contribution in [-0.2, 0) is 11.3 Å². The maximum absolute atomic E-state index is 12.1. The van der Waals surface area contributed by atoms with Crippen LogP contribution < -0.4 is 15.8 Å². The van der Waals surface area contributed by atoms with Crippen LogP contribution in [-0.4, -0.2) is 23.3 Å². The van der Waals surface area contributed by atoms with Gasteiger partial charge in [-0.3, -0.25) is 19.7 Å². The lowest BCUT2D eigenvalue weighted by atomic mass is 10.1. The van der Waals surface area contributed by atoms with E-state index in [1.807, 2.05) is 0 Å². The van der Waals surface area contributed by atoms with Crippen LogP contribution >= 0.6 is 0 Å². The van der Waals surface area contributed by atoms with Gasteiger partial charge in [-0.1, -0.05) is 18.2 Å². The molecule has 124 valence electrons. The molecule has 0 saturated heterocycles. The summed E-state index contributed by atoms with van der Waals surface area (Å²) in [5.74, 6) is -0.570. The second kappa shape index (κ2) is 7.73. The number of nitro groups is 1. The van der Waals surface area contributed by atoms with Gasteiger partial charge in [0.05, 0.1) is 4.92 Å². The van der Waals surface area contributed by atoms with E-state index >= 15 is 0 Å². The van der Waals surface area contributed by atoms with E-state index in [0.29, 0.717) is 16.9 Å². The van der Waals surface area contributed by atoms with Gasteiger partial charge in [0.15, 0.2) is 6.61 Å². The van der Waals surface area contributed by atoms with Gasteiger partial charge in [0.1, 0.15) is 5.75 Å². The third-order valence-corrected chi connectivity index (χ3v) is 3.13. The van der Waals surface area contributed by atoms with E-state index < -0.39 is 10.8 Å². The van der Waals surface area contributed by atoms with Crippen LogP contribution in [0.3, 0.4) is 0 Å². The Morgan fingerprint density at radius 1 is 1.12 bits per heavy atom. The summed E-state index contributed by atoms with van der Waals surface area (Å²) in [6, 6.07) is 12.3. The molecule has 0 radical (unpaired) electrons. The van der Waals surface area contributed by atoms with Crippen molar-refractivity contribution >= 4 is 17.5 Å². The Bertz CT molecular complexity index is 759. The number of nitrogens with two attached hydrogens (primary N) is 1. The first-order valence-corrected chi connectivity index (χ1v) is 6.99. The number of primary amides is 1. The summed E-state index contributed by atoms with van der Waals surface area (Å²) in [5.41, 5.74) is 5.70. The van der Waals surface area contributed by atoms with Crippen LogP contribution in [0.4, 0.5) is 5.69 Å². The molecule has 3 N–H and O–H groups in total. The van der Waals surface area contributed by atoms with Gasteiger partial charge in [-0.2, -0.15) is 0 Å². The minimum absolute atomic E-state index is 0.0376. The molecule has 0 bridgehead atoms. The van der Waals surface area contributed by atoms with Crippen molar-refractivity contribution in [3.05, 3.63) is 69.8 Å². The molecule has 0 fully saturated rings. The number of rotatable bonds is 7. The van der Waals surface area contributed by atoms with Gasteiger partial charge in [-0.25, -0.2) is 0 Å². The van der Waals surface area contributed by atoms with Crippen LogP contribution in [0.1, 0.15) is 15.9 Å². The fraction of sp³-hybridized carbons (Fsp3) is 0.125. The Labute approximate surface area is 137 Å². The second-order valence-corrected chi connectivity index (χ2v) is 4.85. The number of nitrogens with one attached hydrogen (secondary N) is 1. The lowest BCUT2D eigenvalue weighted by Gasteiger charge is -2.07. The van der Waals surface area contributed by atoms with Crippen LogP contribution in [0.2, 0.25) is 0 Å². The van der Waals surface area contributed by atoms with Crippen LogP contribution in [0.5, 0.6) is 5.75 Å². The molecule has 0 heterocycles. The number of ether oxygens (including phenoxy) is 1. The SMILES string of the molecule is NC(=O)COc1ccc(C(=O)NCc2ccccc2[N+](=O)[O-])cc1. The normalized spacial score (nSPS) is 10.0. The quantitative estimate of drug-likeness (QED) is 0.586. The van der Waals surface area contributed by atoms with E-state index in [-0.39, 0.29) is 24.7 Å². The number of nitrogens with zero attached hydrogens (tertiary/aromatic N) is 1. The number of carbonyl (C=O) groups excluding carboxylic acids is 2. The molecule has 0 unspecified atom stereocenters. The molecule has 0 spiro atoms. The smallest absolute Gasteiger partial charge is 0.274 e. The summed E-state index contributed by atoms with van der Waals surface area (Å²) in [5, 5.41) is 13.6. The third kappa shape index (κ3) is 4.54. The molecule has 2 rings (SSSR count). The van der Waals surface area contributed by atoms with Crippen molar-refractivity contribution in [2.45, 2.75) is 6.54 Å². The summed E-state index contributed by atoms with van der Waals surface area (Å²) in [6.45, 7) is -0.209. The lowest BCUT2D eigenvalue weighted by molar-refractivity contribution is -0.385. The molecule has 0 aliphatic heterocycles. The molecule has 2 amide bonds. The fourth-order valence-corrected chi connectivity index (χ4v) is 1.97. The van der Waals surface area contributed by atoms with E-state index in [2.05, 4.69) is 5.32 Å². The molecular formula is C16H15N3O5. The van der Waals surface area contributed by atoms with Crippen molar-refractivity contribution in [2.75, 3.05) is 6.61 Å². The van der Waals surface area contributed by atoms with Gasteiger partial charge in [-0.05, 0) is 24.3 Å². The zero-order valence-electron chi connectivity index (χ0n) is 12.6. The largest absolute Gasteiger partial charge is 0.484 e. The third-order valence-electron chi connectivity index (χ3n) is 3.13. The predicted molar refractivity (Wildman–Crippen MR) is 85.4 cm³/mol. The second-order valence-electron chi connectivity index (χ2n) is 4.85. The molecule has 0 aromatic heterocycles. The standard InChI is InChI=1S/C16H15N3O5/c17-15(20)10-24-13-7-5-11(6-8-13)16(21)18-9-12-3-1-2-4-14(12)19(22)23/h1-8H,9-10H2,(H2,17,20)(H,18,21). The molecule has 24 heavy (non-hydrogen) atoms. The van der Waals surface area contributed by atoms with Crippen molar-refractivity contribution in [1.29, 1.82) is 0 Å². The average Bonchev–Trinajstić information content (AvgIpc) is 2.58. The summed E-state index contributed by atoms with van der Waals surface area (Å²) < 4.78 is 5.09. The zero-order valence-corrected chi connectivity index (χ0v) is 12.6. The highest BCUT2D eigenvalue weighted by molar-refractivity contribution is 5.94. The molecule has 2 aromatic rings. The first-order chi connectivity index (χ1) is 11.5. The monoisotopic (exact) mass is 329 g/mol. The fourth-order valence-electron chi connectivity index (χ4n) is 1.97. The topological polar surface area (TPSA) is 125 Å². The Morgan fingerprint density at radius 3 is 2.42 bits per heavy atom. The summed E-state index contributed by atoms with van der Waals surface area (Å²) in [6.07, 6.45) is 0. The highest BCUT2D eigenvalue weighted by atomic mass is 16.6. The molecule has 8 heteroatoms. The molecular weight excluding hydrogens is 314 g/mol. The number of carbonyl (C=O) groups is 2. The minimum Gasteiger partial charge on any atom is -0.484 e. The molecule has 0 aliphatic rings. The van der Waals surface area contributed by atoms with Gasteiger partial charge >= 0.3 is 0 Å². The lowest BCUT2D eigenvalue weighted by Crippen LogP contribution is -2.23. The number of nitro benzene ring substituents is 1. The summed E-state index contributed by atoms with van der Waals surface area (Å²) in [4.78, 5) is 33.1. The minimum atomic E-state index is -0.596. The van der Waals surface area contributed by atoms with E-state index in [1.165, 1.54) is 30.3 Å². The molecule has 8 nitrogen and oxygen atoms in total. The highest BCUT2D eigenvalue weighted by Gasteiger charge is 2.13. The van der Waals surface area contributed by atoms with Gasteiger partial charge in [0, 0.05) is 23.7 Å². The van der Waals surface area contributed by atoms with Crippen LogP contribution in [0, 0.1) is 10.1 Å². The van der Waals surface area contributed by atoms with Crippen molar-refractivity contribution < 1.29 is 19.2 Å². The molecule has 0 aliphatic carbocycles. The Kier molecular flexibility index (Phi) is 5.45. The Hall–Kier alpha value is -3.42. The Morgan fingerprint density at radius 2 is 1.79 bits per heavy atom. The first kappa shape index (κ1) is 16.9. The molecule has 2 aromatic carbocycles. The number of benzene rings is 2. The van der Waals surface area contributed by atoms with Crippen molar-refractivity contribution in [1.82, 2.24) is 5.32 Å². The maximum atomic E-state index is 12.1. The van der Waals surface area contributed by atoms with E-state index in [4.69, 9.17) is 10.5 Å². The number of hydrogen-bond donors (Lipinski definition) is 2. The zero-order chi connectivity index (χ0) is 17.5.